The van der Waals surface area contributed by atoms with Gasteiger partial charge in [0.15, 0.2) is 0 Å². The van der Waals surface area contributed by atoms with Crippen LogP contribution in [-0.2, 0) is 6.18 Å². The van der Waals surface area contributed by atoms with Crippen LogP contribution in [0.1, 0.15) is 5.56 Å². The number of benzene rings is 2. The molecule has 3 N–H and O–H groups in total. The van der Waals surface area contributed by atoms with E-state index in [1.165, 1.54) is 6.07 Å². The van der Waals surface area contributed by atoms with Crippen molar-refractivity contribution in [3.05, 3.63) is 54.1 Å². The molecule has 102 valence electrons. The van der Waals surface area contributed by atoms with E-state index in [2.05, 4.69) is 4.98 Å². The van der Waals surface area contributed by atoms with E-state index < -0.39 is 11.7 Å². The van der Waals surface area contributed by atoms with E-state index in [0.29, 0.717) is 22.3 Å². The maximum atomic E-state index is 12.7. The van der Waals surface area contributed by atoms with Gasteiger partial charge < -0.3 is 10.7 Å². The first-order chi connectivity index (χ1) is 9.45. The molecule has 3 rings (SSSR count). The number of hydrogen-bond acceptors (Lipinski definition) is 1. The summed E-state index contributed by atoms with van der Waals surface area (Å²) in [5, 5.41) is 0.512. The maximum Gasteiger partial charge on any atom is 0.416 e. The molecule has 0 atom stereocenters. The van der Waals surface area contributed by atoms with E-state index >= 15 is 0 Å². The fourth-order valence-electron chi connectivity index (χ4n) is 2.20. The lowest BCUT2D eigenvalue weighted by molar-refractivity contribution is -0.137. The molecule has 0 aliphatic heterocycles. The Bertz CT molecular complexity index is 772. The molecule has 0 aliphatic carbocycles. The Morgan fingerprint density at radius 3 is 2.40 bits per heavy atom. The molecular weight excluding hydrogens is 265 g/mol. The number of nitrogens with one attached hydrogen (secondary N) is 1. The van der Waals surface area contributed by atoms with Crippen molar-refractivity contribution < 1.29 is 13.2 Å². The maximum absolute atomic E-state index is 12.7. The van der Waals surface area contributed by atoms with E-state index in [9.17, 15) is 13.2 Å². The lowest BCUT2D eigenvalue weighted by atomic mass is 10.1. The van der Waals surface area contributed by atoms with E-state index in [1.54, 1.807) is 12.1 Å². The molecule has 1 aromatic heterocycles. The number of H-pyrrole nitrogens is 1. The molecule has 0 saturated carbocycles. The zero-order valence-electron chi connectivity index (χ0n) is 10.3. The van der Waals surface area contributed by atoms with Crippen molar-refractivity contribution >= 4 is 16.6 Å². The molecule has 2 nitrogen and oxygen atoms in total. The summed E-state index contributed by atoms with van der Waals surface area (Å²) in [6.45, 7) is 0. The number of nitrogens with two attached hydrogens (primary N) is 1. The van der Waals surface area contributed by atoms with Crippen LogP contribution in [0.4, 0.5) is 18.9 Å². The molecule has 0 aliphatic rings. The smallest absolute Gasteiger partial charge is 0.398 e. The standard InChI is InChI=1S/C15H11F3N2/c16-15(17,18)10-5-6-13-9(7-10)8-14(20-13)11-3-1-2-4-12(11)19/h1-8,20H,19H2. The van der Waals surface area contributed by atoms with Crippen molar-refractivity contribution in [3.63, 3.8) is 0 Å². The first-order valence-electron chi connectivity index (χ1n) is 6.00. The summed E-state index contributed by atoms with van der Waals surface area (Å²) in [6.07, 6.45) is -4.34. The number of rotatable bonds is 1. The van der Waals surface area contributed by atoms with Crippen molar-refractivity contribution in [3.8, 4) is 11.3 Å². The minimum atomic E-state index is -4.34. The average molecular weight is 276 g/mol. The Labute approximate surface area is 113 Å². The van der Waals surface area contributed by atoms with E-state index in [-0.39, 0.29) is 0 Å². The Morgan fingerprint density at radius 2 is 1.70 bits per heavy atom. The summed E-state index contributed by atoms with van der Waals surface area (Å²) < 4.78 is 38.0. The zero-order valence-corrected chi connectivity index (χ0v) is 10.3. The molecule has 1 heterocycles. The second kappa shape index (κ2) is 4.30. The average Bonchev–Trinajstić information content (AvgIpc) is 2.80. The molecule has 2 aromatic carbocycles. The molecule has 0 spiro atoms. The highest BCUT2D eigenvalue weighted by Gasteiger charge is 2.30. The monoisotopic (exact) mass is 276 g/mol. The summed E-state index contributed by atoms with van der Waals surface area (Å²) in [4.78, 5) is 3.08. The number of anilines is 1. The number of aromatic nitrogens is 1. The molecule has 0 unspecified atom stereocenters. The van der Waals surface area contributed by atoms with Crippen molar-refractivity contribution in [2.24, 2.45) is 0 Å². The van der Waals surface area contributed by atoms with Gasteiger partial charge in [0.25, 0.3) is 0 Å². The first-order valence-corrected chi connectivity index (χ1v) is 6.00. The van der Waals surface area contributed by atoms with Gasteiger partial charge in [0.05, 0.1) is 5.56 Å². The van der Waals surface area contributed by atoms with Crippen LogP contribution >= 0.6 is 0 Å². The van der Waals surface area contributed by atoms with Gasteiger partial charge in [-0.15, -0.1) is 0 Å². The third kappa shape index (κ3) is 2.11. The number of hydrogen-bond donors (Lipinski definition) is 2. The van der Waals surface area contributed by atoms with E-state index in [4.69, 9.17) is 5.73 Å². The van der Waals surface area contributed by atoms with Crippen molar-refractivity contribution in [2.75, 3.05) is 5.73 Å². The van der Waals surface area contributed by atoms with Gasteiger partial charge in [0.1, 0.15) is 0 Å². The van der Waals surface area contributed by atoms with Gasteiger partial charge in [0.2, 0.25) is 0 Å². The number of nitrogen functional groups attached to an aromatic ring is 1. The second-order valence-electron chi connectivity index (χ2n) is 4.57. The highest BCUT2D eigenvalue weighted by atomic mass is 19.4. The van der Waals surface area contributed by atoms with Crippen LogP contribution in [0, 0.1) is 0 Å². The highest BCUT2D eigenvalue weighted by molar-refractivity contribution is 5.88. The van der Waals surface area contributed by atoms with Crippen molar-refractivity contribution in [1.29, 1.82) is 0 Å². The number of alkyl halides is 3. The van der Waals surface area contributed by atoms with Gasteiger partial charge in [-0.1, -0.05) is 18.2 Å². The minimum Gasteiger partial charge on any atom is -0.398 e. The van der Waals surface area contributed by atoms with Crippen LogP contribution in [0.2, 0.25) is 0 Å². The number of halogens is 3. The molecular formula is C15H11F3N2. The summed E-state index contributed by atoms with van der Waals surface area (Å²) in [6, 6.07) is 12.5. The molecule has 0 radical (unpaired) electrons. The van der Waals surface area contributed by atoms with Crippen LogP contribution in [0.5, 0.6) is 0 Å². The van der Waals surface area contributed by atoms with Gasteiger partial charge in [-0.2, -0.15) is 13.2 Å². The summed E-state index contributed by atoms with van der Waals surface area (Å²) in [5.41, 5.74) is 7.93. The molecule has 0 fully saturated rings. The zero-order chi connectivity index (χ0) is 14.3. The molecule has 0 amide bonds. The predicted molar refractivity (Wildman–Crippen MR) is 73.1 cm³/mol. The minimum absolute atomic E-state index is 0.512. The van der Waals surface area contributed by atoms with Gasteiger partial charge in [-0.25, -0.2) is 0 Å². The lowest BCUT2D eigenvalue weighted by Gasteiger charge is -2.05. The van der Waals surface area contributed by atoms with Gasteiger partial charge >= 0.3 is 6.18 Å². The molecule has 5 heteroatoms. The Morgan fingerprint density at radius 1 is 0.950 bits per heavy atom. The first kappa shape index (κ1) is 12.6. The number of para-hydroxylation sites is 1. The number of fused-ring (bicyclic) bond motifs is 1. The SMILES string of the molecule is Nc1ccccc1-c1cc2cc(C(F)(F)F)ccc2[nH]1. The molecule has 0 saturated heterocycles. The third-order valence-electron chi connectivity index (χ3n) is 3.20. The topological polar surface area (TPSA) is 41.8 Å². The number of aromatic amines is 1. The van der Waals surface area contributed by atoms with Crippen LogP contribution in [0.3, 0.4) is 0 Å². The van der Waals surface area contributed by atoms with Crippen molar-refractivity contribution in [2.45, 2.75) is 6.18 Å². The van der Waals surface area contributed by atoms with Crippen molar-refractivity contribution in [1.82, 2.24) is 4.98 Å². The van der Waals surface area contributed by atoms with Gasteiger partial charge in [0, 0.05) is 27.8 Å². The largest absolute Gasteiger partial charge is 0.416 e. The van der Waals surface area contributed by atoms with Crippen LogP contribution < -0.4 is 5.73 Å². The fraction of sp³-hybridized carbons (Fsp3) is 0.0667. The third-order valence-corrected chi connectivity index (χ3v) is 3.20. The Kier molecular flexibility index (Phi) is 2.71. The lowest BCUT2D eigenvalue weighted by Crippen LogP contribution is -2.03. The van der Waals surface area contributed by atoms with E-state index in [0.717, 1.165) is 17.7 Å². The fourth-order valence-corrected chi connectivity index (χ4v) is 2.20. The van der Waals surface area contributed by atoms with Gasteiger partial charge in [-0.05, 0) is 30.3 Å². The predicted octanol–water partition coefficient (Wildman–Crippen LogP) is 4.44. The summed E-state index contributed by atoms with van der Waals surface area (Å²) in [5.74, 6) is 0. The normalized spacial score (nSPS) is 11.9. The van der Waals surface area contributed by atoms with Gasteiger partial charge in [-0.3, -0.25) is 0 Å². The molecule has 0 bridgehead atoms. The molecule has 20 heavy (non-hydrogen) atoms. The summed E-state index contributed by atoms with van der Waals surface area (Å²) >= 11 is 0. The second-order valence-corrected chi connectivity index (χ2v) is 4.57. The molecule has 3 aromatic rings. The van der Waals surface area contributed by atoms with Crippen LogP contribution in [-0.4, -0.2) is 4.98 Å². The summed E-state index contributed by atoms with van der Waals surface area (Å²) in [7, 11) is 0. The van der Waals surface area contributed by atoms with Crippen LogP contribution in [0.25, 0.3) is 22.2 Å². The highest BCUT2D eigenvalue weighted by Crippen LogP contribution is 2.33. The Hall–Kier alpha value is -2.43. The van der Waals surface area contributed by atoms with E-state index in [1.807, 2.05) is 18.2 Å². The Balaban J connectivity index is 2.14. The quantitative estimate of drug-likeness (QED) is 0.634. The van der Waals surface area contributed by atoms with Crippen LogP contribution in [0.15, 0.2) is 48.5 Å².